The van der Waals surface area contributed by atoms with Gasteiger partial charge in [-0.15, -0.1) is 24.0 Å². The Morgan fingerprint density at radius 2 is 1.90 bits per heavy atom. The average molecular weight is 421 g/mol. The number of nitrogens with zero attached hydrogens (tertiary/aromatic N) is 1. The number of thioether (sulfide) groups is 1. The molecule has 3 nitrogen and oxygen atoms in total. The first-order valence-corrected chi connectivity index (χ1v) is 8.81. The van der Waals surface area contributed by atoms with Crippen LogP contribution in [0.15, 0.2) is 35.3 Å². The predicted molar refractivity (Wildman–Crippen MR) is 107 cm³/mol. The molecule has 0 bridgehead atoms. The first-order chi connectivity index (χ1) is 9.86. The molecule has 0 atom stereocenters. The molecule has 1 aromatic carbocycles. The maximum atomic E-state index is 4.61. The van der Waals surface area contributed by atoms with E-state index in [0.29, 0.717) is 0 Å². The van der Waals surface area contributed by atoms with E-state index in [2.05, 4.69) is 59.1 Å². The topological polar surface area (TPSA) is 36.4 Å². The summed E-state index contributed by atoms with van der Waals surface area (Å²) in [6, 6.07) is 10.6. The first kappa shape index (κ1) is 20.6. The van der Waals surface area contributed by atoms with E-state index in [1.54, 1.807) is 0 Å². The molecule has 0 aliphatic heterocycles. The molecule has 1 rings (SSSR count). The van der Waals surface area contributed by atoms with Gasteiger partial charge in [-0.25, -0.2) is 0 Å². The third kappa shape index (κ3) is 10.9. The number of hydrogen-bond donors (Lipinski definition) is 2. The largest absolute Gasteiger partial charge is 0.357 e. The Hall–Kier alpha value is -0.430. The second-order valence-corrected chi connectivity index (χ2v) is 5.61. The molecule has 0 aliphatic rings. The van der Waals surface area contributed by atoms with Gasteiger partial charge < -0.3 is 10.6 Å². The van der Waals surface area contributed by atoms with Gasteiger partial charge in [0.25, 0.3) is 0 Å². The van der Waals surface area contributed by atoms with Crippen molar-refractivity contribution in [1.82, 2.24) is 10.6 Å². The zero-order valence-corrected chi connectivity index (χ0v) is 16.2. The highest BCUT2D eigenvalue weighted by Gasteiger charge is 1.96. The Kier molecular flexibility index (Phi) is 14.2. The number of nitrogens with one attached hydrogen (secondary N) is 2. The monoisotopic (exact) mass is 421 g/mol. The fourth-order valence-corrected chi connectivity index (χ4v) is 2.32. The van der Waals surface area contributed by atoms with Gasteiger partial charge in [-0.3, -0.25) is 4.99 Å². The summed E-state index contributed by atoms with van der Waals surface area (Å²) in [4.78, 5) is 4.61. The van der Waals surface area contributed by atoms with Gasteiger partial charge in [-0.1, -0.05) is 30.3 Å². The minimum atomic E-state index is 0. The third-order valence-electron chi connectivity index (χ3n) is 2.90. The van der Waals surface area contributed by atoms with Crippen LogP contribution in [0.25, 0.3) is 0 Å². The Balaban J connectivity index is 0.00000400. The standard InChI is InChI=1S/C16H27N3S.HI/c1-3-17-16(19-13-8-14-20-2)18-12-7-11-15-9-5-4-6-10-15;/h4-6,9-10H,3,7-8,11-14H2,1-2H3,(H2,17,18,19);1H. The molecule has 0 fully saturated rings. The first-order valence-electron chi connectivity index (χ1n) is 7.42. The Morgan fingerprint density at radius 1 is 1.14 bits per heavy atom. The molecule has 0 aliphatic carbocycles. The van der Waals surface area contributed by atoms with Crippen molar-refractivity contribution in [3.8, 4) is 0 Å². The second kappa shape index (κ2) is 14.5. The Bertz CT molecular complexity index is 371. The molecule has 2 N–H and O–H groups in total. The molecule has 0 unspecified atom stereocenters. The van der Waals surface area contributed by atoms with E-state index in [4.69, 9.17) is 0 Å². The van der Waals surface area contributed by atoms with Crippen LogP contribution in [0.5, 0.6) is 0 Å². The minimum absolute atomic E-state index is 0. The van der Waals surface area contributed by atoms with Crippen molar-refractivity contribution in [2.24, 2.45) is 4.99 Å². The highest BCUT2D eigenvalue weighted by atomic mass is 127. The number of guanidine groups is 1. The smallest absolute Gasteiger partial charge is 0.191 e. The average Bonchev–Trinajstić information content (AvgIpc) is 2.49. The van der Waals surface area contributed by atoms with Crippen LogP contribution < -0.4 is 10.6 Å². The normalized spacial score (nSPS) is 10.9. The van der Waals surface area contributed by atoms with Gasteiger partial charge in [0.15, 0.2) is 5.96 Å². The number of benzene rings is 1. The fraction of sp³-hybridized carbons (Fsp3) is 0.562. The van der Waals surface area contributed by atoms with E-state index in [1.165, 1.54) is 17.7 Å². The van der Waals surface area contributed by atoms with Gasteiger partial charge in [0.1, 0.15) is 0 Å². The third-order valence-corrected chi connectivity index (χ3v) is 3.60. The molecule has 0 amide bonds. The summed E-state index contributed by atoms with van der Waals surface area (Å²) < 4.78 is 0. The summed E-state index contributed by atoms with van der Waals surface area (Å²) in [5.74, 6) is 2.14. The Labute approximate surface area is 150 Å². The van der Waals surface area contributed by atoms with E-state index in [-0.39, 0.29) is 24.0 Å². The molecule has 0 radical (unpaired) electrons. The molecule has 0 aromatic heterocycles. The van der Waals surface area contributed by atoms with Gasteiger partial charge in [-0.2, -0.15) is 11.8 Å². The molecular weight excluding hydrogens is 393 g/mol. The van der Waals surface area contributed by atoms with Gasteiger partial charge in [0.2, 0.25) is 0 Å². The fourth-order valence-electron chi connectivity index (χ4n) is 1.88. The van der Waals surface area contributed by atoms with E-state index in [9.17, 15) is 0 Å². The van der Waals surface area contributed by atoms with Crippen molar-refractivity contribution in [3.05, 3.63) is 35.9 Å². The zero-order chi connectivity index (χ0) is 14.5. The van der Waals surface area contributed by atoms with Crippen LogP contribution in [0.4, 0.5) is 0 Å². The van der Waals surface area contributed by atoms with Crippen LogP contribution >= 0.6 is 35.7 Å². The lowest BCUT2D eigenvalue weighted by Gasteiger charge is -2.10. The van der Waals surface area contributed by atoms with Gasteiger partial charge in [-0.05, 0) is 43.8 Å². The van der Waals surface area contributed by atoms with E-state index < -0.39 is 0 Å². The maximum absolute atomic E-state index is 4.61. The van der Waals surface area contributed by atoms with Crippen molar-refractivity contribution in [3.63, 3.8) is 0 Å². The lowest BCUT2D eigenvalue weighted by atomic mass is 10.1. The van der Waals surface area contributed by atoms with Crippen molar-refractivity contribution < 1.29 is 0 Å². The number of rotatable bonds is 9. The van der Waals surface area contributed by atoms with Crippen LogP contribution in [0.1, 0.15) is 25.3 Å². The quantitative estimate of drug-likeness (QED) is 0.277. The van der Waals surface area contributed by atoms with Crippen LogP contribution in [-0.4, -0.2) is 37.6 Å². The van der Waals surface area contributed by atoms with Gasteiger partial charge in [0.05, 0.1) is 0 Å². The number of aryl methyl sites for hydroxylation is 1. The SMILES string of the molecule is CCNC(=NCCCc1ccccc1)NCCCSC.I. The molecule has 5 heteroatoms. The number of hydrogen-bond acceptors (Lipinski definition) is 2. The van der Waals surface area contributed by atoms with Crippen molar-refractivity contribution >= 4 is 41.7 Å². The van der Waals surface area contributed by atoms with Crippen LogP contribution in [-0.2, 0) is 6.42 Å². The van der Waals surface area contributed by atoms with Crippen LogP contribution in [0.2, 0.25) is 0 Å². The maximum Gasteiger partial charge on any atom is 0.191 e. The molecule has 0 saturated carbocycles. The summed E-state index contributed by atoms with van der Waals surface area (Å²) in [6.45, 7) is 4.87. The lowest BCUT2D eigenvalue weighted by molar-refractivity contribution is 0.771. The highest BCUT2D eigenvalue weighted by molar-refractivity contribution is 14.0. The summed E-state index contributed by atoms with van der Waals surface area (Å²) in [6.07, 6.45) is 5.50. The minimum Gasteiger partial charge on any atom is -0.357 e. The van der Waals surface area contributed by atoms with Crippen molar-refractivity contribution in [2.45, 2.75) is 26.2 Å². The van der Waals surface area contributed by atoms with E-state index >= 15 is 0 Å². The van der Waals surface area contributed by atoms with Gasteiger partial charge >= 0.3 is 0 Å². The molecule has 21 heavy (non-hydrogen) atoms. The predicted octanol–water partition coefficient (Wildman–Crippen LogP) is 3.55. The summed E-state index contributed by atoms with van der Waals surface area (Å²) in [7, 11) is 0. The van der Waals surface area contributed by atoms with Gasteiger partial charge in [0, 0.05) is 19.6 Å². The zero-order valence-electron chi connectivity index (χ0n) is 13.1. The van der Waals surface area contributed by atoms with E-state index in [0.717, 1.165) is 38.4 Å². The number of aliphatic imine (C=N–C) groups is 1. The highest BCUT2D eigenvalue weighted by Crippen LogP contribution is 2.02. The molecule has 0 heterocycles. The summed E-state index contributed by atoms with van der Waals surface area (Å²) in [5.41, 5.74) is 1.39. The van der Waals surface area contributed by atoms with Crippen molar-refractivity contribution in [1.29, 1.82) is 0 Å². The lowest BCUT2D eigenvalue weighted by Crippen LogP contribution is -2.38. The van der Waals surface area contributed by atoms with Crippen LogP contribution in [0.3, 0.4) is 0 Å². The molecule has 120 valence electrons. The number of halogens is 1. The van der Waals surface area contributed by atoms with Crippen molar-refractivity contribution in [2.75, 3.05) is 31.6 Å². The van der Waals surface area contributed by atoms with Crippen LogP contribution in [0, 0.1) is 0 Å². The molecule has 0 spiro atoms. The van der Waals surface area contributed by atoms with E-state index in [1.807, 2.05) is 11.8 Å². The summed E-state index contributed by atoms with van der Waals surface area (Å²) in [5, 5.41) is 6.67. The molecular formula is C16H28IN3S. The Morgan fingerprint density at radius 3 is 2.57 bits per heavy atom. The summed E-state index contributed by atoms with van der Waals surface area (Å²) >= 11 is 1.89. The second-order valence-electron chi connectivity index (χ2n) is 4.62. The molecule has 1 aromatic rings. The molecule has 0 saturated heterocycles.